The Kier molecular flexibility index (Phi) is 5.23. The predicted molar refractivity (Wildman–Crippen MR) is 106 cm³/mol. The number of rotatable bonds is 5. The van der Waals surface area contributed by atoms with E-state index in [1.165, 1.54) is 23.9 Å². The summed E-state index contributed by atoms with van der Waals surface area (Å²) in [7, 11) is 0. The van der Waals surface area contributed by atoms with E-state index in [4.69, 9.17) is 0 Å². The molecule has 0 saturated heterocycles. The fourth-order valence-electron chi connectivity index (χ4n) is 2.72. The molecule has 0 aliphatic rings. The van der Waals surface area contributed by atoms with Crippen molar-refractivity contribution < 1.29 is 13.2 Å². The Morgan fingerprint density at radius 3 is 2.46 bits per heavy atom. The van der Waals surface area contributed by atoms with Crippen LogP contribution in [0.5, 0.6) is 0 Å². The van der Waals surface area contributed by atoms with Crippen LogP contribution >= 0.6 is 23.1 Å². The number of benzene rings is 2. The molecule has 2 aromatic heterocycles. The third-order valence-corrected chi connectivity index (χ3v) is 5.88. The van der Waals surface area contributed by atoms with Crippen LogP contribution in [0.3, 0.4) is 0 Å². The largest absolute Gasteiger partial charge is 0.416 e. The number of halogens is 3. The van der Waals surface area contributed by atoms with Crippen molar-refractivity contribution in [3.8, 4) is 16.4 Å². The molecule has 0 aliphatic carbocycles. The second kappa shape index (κ2) is 7.81. The smallest absolute Gasteiger partial charge is 0.269 e. The zero-order valence-electron chi connectivity index (χ0n) is 14.4. The van der Waals surface area contributed by atoms with E-state index in [0.717, 1.165) is 16.6 Å². The van der Waals surface area contributed by atoms with E-state index in [1.807, 2.05) is 52.4 Å². The quantitative estimate of drug-likeness (QED) is 0.357. The molecule has 4 rings (SSSR count). The zero-order valence-corrected chi connectivity index (χ0v) is 16.1. The highest BCUT2D eigenvalue weighted by Gasteiger charge is 2.30. The normalized spacial score (nSPS) is 11.7. The second-order valence-corrected chi connectivity index (χ2v) is 7.83. The number of thioether (sulfide) groups is 1. The Balaban J connectivity index is 1.66. The second-order valence-electron chi connectivity index (χ2n) is 5.94. The van der Waals surface area contributed by atoms with Crippen LogP contribution in [-0.4, -0.2) is 14.8 Å². The summed E-state index contributed by atoms with van der Waals surface area (Å²) in [6.45, 7) is 0. The maximum Gasteiger partial charge on any atom is 0.416 e. The Bertz CT molecular complexity index is 1060. The molecule has 28 heavy (non-hydrogen) atoms. The summed E-state index contributed by atoms with van der Waals surface area (Å²) < 4.78 is 40.8. The van der Waals surface area contributed by atoms with Crippen LogP contribution in [0.25, 0.3) is 16.4 Å². The number of hydrogen-bond acceptors (Lipinski definition) is 4. The van der Waals surface area contributed by atoms with Gasteiger partial charge in [0.1, 0.15) is 0 Å². The number of aromatic nitrogens is 3. The van der Waals surface area contributed by atoms with Crippen molar-refractivity contribution in [1.29, 1.82) is 0 Å². The molecule has 0 bridgehead atoms. The number of hydrogen-bond donors (Lipinski definition) is 0. The zero-order chi connectivity index (χ0) is 19.6. The molecule has 0 fully saturated rings. The first-order valence-corrected chi connectivity index (χ1v) is 10.2. The molecule has 2 aromatic carbocycles. The molecule has 0 unspecified atom stereocenters. The van der Waals surface area contributed by atoms with Crippen molar-refractivity contribution in [3.63, 3.8) is 0 Å². The van der Waals surface area contributed by atoms with Crippen LogP contribution in [0.2, 0.25) is 0 Å². The lowest BCUT2D eigenvalue weighted by Gasteiger charge is -2.10. The molecule has 0 saturated carbocycles. The van der Waals surface area contributed by atoms with Gasteiger partial charge in [0.2, 0.25) is 0 Å². The van der Waals surface area contributed by atoms with Crippen LogP contribution in [0.1, 0.15) is 11.1 Å². The third kappa shape index (κ3) is 3.98. The van der Waals surface area contributed by atoms with Gasteiger partial charge in [-0.3, -0.25) is 4.57 Å². The van der Waals surface area contributed by atoms with Gasteiger partial charge < -0.3 is 0 Å². The lowest BCUT2D eigenvalue weighted by molar-refractivity contribution is -0.137. The minimum atomic E-state index is -4.35. The lowest BCUT2D eigenvalue weighted by atomic mass is 10.1. The molecular formula is C20H14F3N3S2. The predicted octanol–water partition coefficient (Wildman–Crippen LogP) is 6.31. The molecule has 0 amide bonds. The first kappa shape index (κ1) is 18.8. The molecule has 0 spiro atoms. The van der Waals surface area contributed by atoms with E-state index >= 15 is 0 Å². The van der Waals surface area contributed by atoms with Gasteiger partial charge in [-0.25, -0.2) is 0 Å². The van der Waals surface area contributed by atoms with Crippen molar-refractivity contribution in [1.82, 2.24) is 14.8 Å². The first-order valence-electron chi connectivity index (χ1n) is 8.36. The Morgan fingerprint density at radius 1 is 0.929 bits per heavy atom. The van der Waals surface area contributed by atoms with Crippen LogP contribution in [-0.2, 0) is 11.9 Å². The molecule has 0 atom stereocenters. The van der Waals surface area contributed by atoms with Crippen LogP contribution in [0.4, 0.5) is 13.2 Å². The average Bonchev–Trinajstić information content (AvgIpc) is 3.36. The number of thiophene rings is 1. The summed E-state index contributed by atoms with van der Waals surface area (Å²) in [6, 6.07) is 19.0. The van der Waals surface area contributed by atoms with Crippen LogP contribution in [0.15, 0.2) is 77.3 Å². The fourth-order valence-corrected chi connectivity index (χ4v) is 4.32. The van der Waals surface area contributed by atoms with Gasteiger partial charge in [0.15, 0.2) is 11.0 Å². The molecule has 0 radical (unpaired) electrons. The Morgan fingerprint density at radius 2 is 1.75 bits per heavy atom. The highest BCUT2D eigenvalue weighted by molar-refractivity contribution is 7.98. The molecule has 2 heterocycles. The van der Waals surface area contributed by atoms with E-state index in [0.29, 0.717) is 22.3 Å². The van der Waals surface area contributed by atoms with Gasteiger partial charge >= 0.3 is 6.18 Å². The summed E-state index contributed by atoms with van der Waals surface area (Å²) in [5, 5.41) is 11.2. The highest BCUT2D eigenvalue weighted by atomic mass is 32.2. The molecule has 0 aliphatic heterocycles. The van der Waals surface area contributed by atoms with Gasteiger partial charge in [0, 0.05) is 11.4 Å². The van der Waals surface area contributed by atoms with Gasteiger partial charge in [-0.1, -0.05) is 54.2 Å². The molecule has 8 heteroatoms. The van der Waals surface area contributed by atoms with E-state index < -0.39 is 11.7 Å². The van der Waals surface area contributed by atoms with Crippen molar-refractivity contribution in [3.05, 3.63) is 83.2 Å². The van der Waals surface area contributed by atoms with Crippen LogP contribution in [0, 0.1) is 0 Å². The van der Waals surface area contributed by atoms with Gasteiger partial charge in [0.05, 0.1) is 10.4 Å². The highest BCUT2D eigenvalue weighted by Crippen LogP contribution is 2.33. The van der Waals surface area contributed by atoms with Crippen molar-refractivity contribution in [2.45, 2.75) is 17.1 Å². The lowest BCUT2D eigenvalue weighted by Crippen LogP contribution is -2.05. The minimum Gasteiger partial charge on any atom is -0.269 e. The van der Waals surface area contributed by atoms with E-state index in [9.17, 15) is 13.2 Å². The molecular weight excluding hydrogens is 403 g/mol. The maximum atomic E-state index is 12.9. The SMILES string of the molecule is FC(F)(F)c1cccc(CSc2nnc(-c3cccs3)n2-c2ccccc2)c1. The summed E-state index contributed by atoms with van der Waals surface area (Å²) >= 11 is 2.92. The van der Waals surface area contributed by atoms with E-state index in [2.05, 4.69) is 10.2 Å². The Labute approximate surface area is 167 Å². The number of alkyl halides is 3. The third-order valence-electron chi connectivity index (χ3n) is 4.01. The number of nitrogens with zero attached hydrogens (tertiary/aromatic N) is 3. The summed E-state index contributed by atoms with van der Waals surface area (Å²) in [5.74, 6) is 1.08. The Hall–Kier alpha value is -2.58. The standard InChI is InChI=1S/C20H14F3N3S2/c21-20(22,23)15-7-4-6-14(12-15)13-28-19-25-24-18(17-10-5-11-27-17)26(19)16-8-2-1-3-9-16/h1-12H,13H2. The average molecular weight is 417 g/mol. The van der Waals surface area contributed by atoms with Crippen molar-refractivity contribution in [2.24, 2.45) is 0 Å². The first-order chi connectivity index (χ1) is 13.5. The maximum absolute atomic E-state index is 12.9. The van der Waals surface area contributed by atoms with Gasteiger partial charge in [0.25, 0.3) is 0 Å². The van der Waals surface area contributed by atoms with E-state index in [1.54, 1.807) is 17.4 Å². The molecule has 3 nitrogen and oxygen atoms in total. The van der Waals surface area contributed by atoms with Gasteiger partial charge in [-0.15, -0.1) is 21.5 Å². The number of para-hydroxylation sites is 1. The topological polar surface area (TPSA) is 30.7 Å². The van der Waals surface area contributed by atoms with Crippen molar-refractivity contribution in [2.75, 3.05) is 0 Å². The van der Waals surface area contributed by atoms with Crippen LogP contribution < -0.4 is 0 Å². The summed E-state index contributed by atoms with van der Waals surface area (Å²) in [5.41, 5.74) is 0.844. The summed E-state index contributed by atoms with van der Waals surface area (Å²) in [6.07, 6.45) is -4.35. The van der Waals surface area contributed by atoms with E-state index in [-0.39, 0.29) is 0 Å². The monoisotopic (exact) mass is 417 g/mol. The molecule has 142 valence electrons. The van der Waals surface area contributed by atoms with Crippen molar-refractivity contribution >= 4 is 23.1 Å². The molecule has 0 N–H and O–H groups in total. The van der Waals surface area contributed by atoms with Gasteiger partial charge in [-0.2, -0.15) is 13.2 Å². The minimum absolute atomic E-state index is 0.360. The summed E-state index contributed by atoms with van der Waals surface area (Å²) in [4.78, 5) is 0.974. The fraction of sp³-hybridized carbons (Fsp3) is 0.100. The molecule has 4 aromatic rings. The van der Waals surface area contributed by atoms with Gasteiger partial charge in [-0.05, 0) is 35.2 Å².